The van der Waals surface area contributed by atoms with Gasteiger partial charge in [-0.3, -0.25) is 0 Å². The summed E-state index contributed by atoms with van der Waals surface area (Å²) in [5, 5.41) is 0.654. The third-order valence-electron chi connectivity index (χ3n) is 4.23. The minimum absolute atomic E-state index is 0.0960. The van der Waals surface area contributed by atoms with Crippen molar-refractivity contribution in [2.75, 3.05) is 36.8 Å². The molecule has 27 heavy (non-hydrogen) atoms. The number of nitrogen functional groups attached to an aromatic ring is 1. The fraction of sp³-hybridized carbons (Fsp3) is 0.222. The summed E-state index contributed by atoms with van der Waals surface area (Å²) in [7, 11) is 0. The van der Waals surface area contributed by atoms with Gasteiger partial charge in [-0.05, 0) is 29.8 Å². The van der Waals surface area contributed by atoms with E-state index in [2.05, 4.69) is 14.7 Å². The summed E-state index contributed by atoms with van der Waals surface area (Å²) < 4.78 is 39.7. The van der Waals surface area contributed by atoms with Crippen LogP contribution in [-0.2, 0) is 4.74 Å². The third kappa shape index (κ3) is 3.80. The largest absolute Gasteiger partial charge is 0.379 e. The van der Waals surface area contributed by atoms with Crippen LogP contribution in [0.3, 0.4) is 0 Å². The van der Waals surface area contributed by atoms with Gasteiger partial charge < -0.3 is 15.2 Å². The molecule has 140 valence electrons. The molecular weight excluding hydrogens is 372 g/mol. The lowest BCUT2D eigenvalue weighted by atomic mass is 10.0. The van der Waals surface area contributed by atoms with Crippen LogP contribution in [-0.4, -0.2) is 40.6 Å². The molecule has 0 saturated carbocycles. The normalized spacial score (nSPS) is 15.2. The van der Waals surface area contributed by atoms with Crippen molar-refractivity contribution < 1.29 is 13.5 Å². The highest BCUT2D eigenvalue weighted by Gasteiger charge is 2.18. The average molecular weight is 389 g/mol. The number of ether oxygens (including phenoxy) is 1. The van der Waals surface area contributed by atoms with E-state index in [-0.39, 0.29) is 17.2 Å². The van der Waals surface area contributed by atoms with Crippen molar-refractivity contribution in [3.63, 3.8) is 0 Å². The molecule has 3 N–H and O–H groups in total. The first kappa shape index (κ1) is 17.9. The predicted octanol–water partition coefficient (Wildman–Crippen LogP) is 3.46. The van der Waals surface area contributed by atoms with Crippen molar-refractivity contribution >= 4 is 34.7 Å². The van der Waals surface area contributed by atoms with Crippen LogP contribution in [0.1, 0.15) is 0 Å². The molecule has 0 amide bonds. The van der Waals surface area contributed by atoms with Gasteiger partial charge in [-0.2, -0.15) is 0 Å². The topological polar surface area (TPSA) is 76.3 Å². The summed E-state index contributed by atoms with van der Waals surface area (Å²) in [5.41, 5.74) is 6.72. The molecule has 1 aliphatic heterocycles. The van der Waals surface area contributed by atoms with Gasteiger partial charge >= 0.3 is 0 Å². The van der Waals surface area contributed by atoms with E-state index in [9.17, 15) is 4.39 Å². The highest BCUT2D eigenvalue weighted by Crippen LogP contribution is 2.33. The predicted molar refractivity (Wildman–Crippen MR) is 103 cm³/mol. The van der Waals surface area contributed by atoms with Crippen molar-refractivity contribution in [3.05, 3.63) is 48.2 Å². The smallest absolute Gasteiger partial charge is 0.220 e. The molecule has 0 radical (unpaired) electrons. The Hall–Kier alpha value is -2.49. The highest BCUT2D eigenvalue weighted by atomic mass is 32.2. The molecule has 1 aromatic heterocycles. The molecule has 6 nitrogen and oxygen atoms in total. The van der Waals surface area contributed by atoms with Crippen LogP contribution in [0.25, 0.3) is 22.0 Å². The molecule has 0 unspecified atom stereocenters. The van der Waals surface area contributed by atoms with E-state index in [0.29, 0.717) is 29.7 Å². The van der Waals surface area contributed by atoms with Crippen molar-refractivity contribution in [1.29, 1.82) is 0 Å². The average Bonchev–Trinajstić information content (AvgIpc) is 2.68. The second-order valence-electron chi connectivity index (χ2n) is 6.02. The van der Waals surface area contributed by atoms with Crippen molar-refractivity contribution in [2.24, 2.45) is 0 Å². The standard InChI is InChI=1S/C18H17F2N5OS/c19-13-2-4-15(24-27-25-5-7-26-8-6-25)17(20)16(13)11-1-3-14-12(9-11)10-22-18(21)23-14/h1-4,9-10,24H,5-8H2,(H2,21,22,23). The maximum atomic E-state index is 15.0. The van der Waals surface area contributed by atoms with Gasteiger partial charge in [-0.1, -0.05) is 6.07 Å². The highest BCUT2D eigenvalue weighted by molar-refractivity contribution is 7.98. The summed E-state index contributed by atoms with van der Waals surface area (Å²) in [5.74, 6) is -1.13. The molecule has 2 aromatic carbocycles. The molecule has 0 aliphatic carbocycles. The Morgan fingerprint density at radius 1 is 1.15 bits per heavy atom. The van der Waals surface area contributed by atoms with Gasteiger partial charge in [-0.15, -0.1) is 0 Å². The lowest BCUT2D eigenvalue weighted by Crippen LogP contribution is -2.32. The molecule has 9 heteroatoms. The molecule has 1 fully saturated rings. The maximum absolute atomic E-state index is 15.0. The van der Waals surface area contributed by atoms with Crippen molar-refractivity contribution in [3.8, 4) is 11.1 Å². The van der Waals surface area contributed by atoms with Gasteiger partial charge in [0.2, 0.25) is 5.95 Å². The van der Waals surface area contributed by atoms with Crippen molar-refractivity contribution in [1.82, 2.24) is 14.3 Å². The zero-order valence-electron chi connectivity index (χ0n) is 14.3. The van der Waals surface area contributed by atoms with Crippen LogP contribution in [0, 0.1) is 11.6 Å². The number of aromatic nitrogens is 2. The number of halogens is 2. The minimum Gasteiger partial charge on any atom is -0.379 e. The number of anilines is 2. The van der Waals surface area contributed by atoms with Gasteiger partial charge in [0, 0.05) is 36.8 Å². The second kappa shape index (κ2) is 7.63. The number of hydrogen-bond donors (Lipinski definition) is 2. The Balaban J connectivity index is 1.64. The van der Waals surface area contributed by atoms with Crippen molar-refractivity contribution in [2.45, 2.75) is 0 Å². The molecule has 3 aromatic rings. The number of rotatable bonds is 4. The van der Waals surface area contributed by atoms with Crippen LogP contribution in [0.5, 0.6) is 0 Å². The Kier molecular flexibility index (Phi) is 5.06. The third-order valence-corrected chi connectivity index (χ3v) is 5.17. The zero-order chi connectivity index (χ0) is 18.8. The molecular formula is C18H17F2N5OS. The molecule has 0 atom stereocenters. The van der Waals surface area contributed by atoms with Gasteiger partial charge in [0.15, 0.2) is 5.82 Å². The molecule has 1 saturated heterocycles. The summed E-state index contributed by atoms with van der Waals surface area (Å²) in [6.45, 7) is 2.74. The van der Waals surface area contributed by atoms with Crippen LogP contribution in [0.2, 0.25) is 0 Å². The molecule has 1 aliphatic rings. The number of hydrogen-bond acceptors (Lipinski definition) is 7. The van der Waals surface area contributed by atoms with Gasteiger partial charge in [-0.25, -0.2) is 23.1 Å². The van der Waals surface area contributed by atoms with E-state index >= 15 is 4.39 Å². The van der Waals surface area contributed by atoms with Gasteiger partial charge in [0.1, 0.15) is 5.82 Å². The van der Waals surface area contributed by atoms with Gasteiger partial charge in [0.25, 0.3) is 0 Å². The van der Waals surface area contributed by atoms with E-state index < -0.39 is 11.6 Å². The Morgan fingerprint density at radius 3 is 2.78 bits per heavy atom. The maximum Gasteiger partial charge on any atom is 0.220 e. The SMILES string of the molecule is Nc1ncc2cc(-c3c(F)ccc(NSN4CCOCC4)c3F)ccc2n1. The van der Waals surface area contributed by atoms with E-state index in [0.717, 1.165) is 13.1 Å². The quantitative estimate of drug-likeness (QED) is 0.662. The van der Waals surface area contributed by atoms with Crippen LogP contribution in [0.15, 0.2) is 36.5 Å². The number of nitrogens with two attached hydrogens (primary N) is 1. The first-order valence-corrected chi connectivity index (χ1v) is 9.15. The molecule has 0 spiro atoms. The van der Waals surface area contributed by atoms with Crippen LogP contribution in [0.4, 0.5) is 20.4 Å². The van der Waals surface area contributed by atoms with E-state index in [1.54, 1.807) is 18.2 Å². The number of nitrogens with zero attached hydrogens (tertiary/aromatic N) is 3. The first-order valence-electron chi connectivity index (χ1n) is 8.38. The van der Waals surface area contributed by atoms with Crippen LogP contribution < -0.4 is 10.5 Å². The lowest BCUT2D eigenvalue weighted by molar-refractivity contribution is 0.0775. The molecule has 2 heterocycles. The summed E-state index contributed by atoms with van der Waals surface area (Å²) in [6, 6.07) is 7.59. The first-order chi connectivity index (χ1) is 13.1. The summed E-state index contributed by atoms with van der Waals surface area (Å²) >= 11 is 1.29. The zero-order valence-corrected chi connectivity index (χ0v) is 15.1. The Bertz CT molecular complexity index is 981. The molecule has 0 bridgehead atoms. The number of nitrogens with one attached hydrogen (secondary N) is 1. The summed E-state index contributed by atoms with van der Waals surface area (Å²) in [6.07, 6.45) is 1.54. The number of benzene rings is 2. The van der Waals surface area contributed by atoms with E-state index in [4.69, 9.17) is 10.5 Å². The number of fused-ring (bicyclic) bond motifs is 1. The van der Waals surface area contributed by atoms with E-state index in [1.807, 2.05) is 4.31 Å². The fourth-order valence-electron chi connectivity index (χ4n) is 2.85. The van der Waals surface area contributed by atoms with Crippen LogP contribution >= 0.6 is 12.1 Å². The Morgan fingerprint density at radius 2 is 1.96 bits per heavy atom. The summed E-state index contributed by atoms with van der Waals surface area (Å²) in [4.78, 5) is 8.04. The number of morpholine rings is 1. The molecule has 4 rings (SSSR count). The fourth-order valence-corrected chi connectivity index (χ4v) is 3.57. The Labute approximate surface area is 159 Å². The van der Waals surface area contributed by atoms with E-state index in [1.165, 1.54) is 30.5 Å². The minimum atomic E-state index is -0.647. The lowest BCUT2D eigenvalue weighted by Gasteiger charge is -2.25. The second-order valence-corrected chi connectivity index (χ2v) is 6.92. The monoisotopic (exact) mass is 389 g/mol. The van der Waals surface area contributed by atoms with Gasteiger partial charge in [0.05, 0.1) is 30.0 Å².